The van der Waals surface area contributed by atoms with Crippen LogP contribution in [0, 0.1) is 5.82 Å². The van der Waals surface area contributed by atoms with E-state index in [-0.39, 0.29) is 23.9 Å². The number of carbonyl (C=O) groups is 1. The Morgan fingerprint density at radius 3 is 2.82 bits per heavy atom. The summed E-state index contributed by atoms with van der Waals surface area (Å²) in [5.74, 6) is -0.503. The second-order valence-electron chi connectivity index (χ2n) is 7.27. The summed E-state index contributed by atoms with van der Waals surface area (Å²) in [6.45, 7) is -0.276. The number of nitrogens with zero attached hydrogens (tertiary/aromatic N) is 5. The van der Waals surface area contributed by atoms with Crippen molar-refractivity contribution in [3.8, 4) is 22.8 Å². The molecule has 0 aliphatic rings. The van der Waals surface area contributed by atoms with Gasteiger partial charge in [-0.25, -0.2) is 18.3 Å². The van der Waals surface area contributed by atoms with Gasteiger partial charge in [-0.3, -0.25) is 4.79 Å². The van der Waals surface area contributed by atoms with Crippen molar-refractivity contribution in [1.29, 1.82) is 0 Å². The van der Waals surface area contributed by atoms with Gasteiger partial charge in [0.05, 0.1) is 5.56 Å². The predicted octanol–water partition coefficient (Wildman–Crippen LogP) is 3.71. The molecule has 11 heteroatoms. The fraction of sp³-hybridized carbons (Fsp3) is 0.0870. The molecule has 2 aromatic carbocycles. The molecule has 0 fully saturated rings. The standard InChI is InChI=1S/C23H17FN6O3S/c1-34-17-8-3-7-16(12-17)25-19(31)13-30-23(32)29-10-4-9-18(21(29)27-30)22-26-20(28-33-22)14-5-2-6-15(24)11-14/h2-12H,13H2,1H3,(H,25,31). The Morgan fingerprint density at radius 1 is 1.15 bits per heavy atom. The van der Waals surface area contributed by atoms with E-state index in [1.165, 1.54) is 22.7 Å². The van der Waals surface area contributed by atoms with Gasteiger partial charge in [0.25, 0.3) is 5.89 Å². The molecule has 1 amide bonds. The average Bonchev–Trinajstić information content (AvgIpc) is 3.45. The topological polar surface area (TPSA) is 107 Å². The molecular weight excluding hydrogens is 459 g/mol. The fourth-order valence-corrected chi connectivity index (χ4v) is 3.88. The van der Waals surface area contributed by atoms with Crippen LogP contribution in [0.15, 0.2) is 81.1 Å². The summed E-state index contributed by atoms with van der Waals surface area (Å²) in [4.78, 5) is 30.7. The third kappa shape index (κ3) is 4.20. The number of pyridine rings is 1. The summed E-state index contributed by atoms with van der Waals surface area (Å²) in [5, 5.41) is 11.0. The molecule has 5 rings (SSSR count). The first-order valence-electron chi connectivity index (χ1n) is 10.1. The summed E-state index contributed by atoms with van der Waals surface area (Å²) >= 11 is 1.56. The lowest BCUT2D eigenvalue weighted by molar-refractivity contribution is -0.117. The highest BCUT2D eigenvalue weighted by Gasteiger charge is 2.19. The summed E-state index contributed by atoms with van der Waals surface area (Å²) < 4.78 is 21.3. The van der Waals surface area contributed by atoms with Crippen molar-refractivity contribution in [2.24, 2.45) is 0 Å². The van der Waals surface area contributed by atoms with Gasteiger partial charge >= 0.3 is 5.69 Å². The highest BCUT2D eigenvalue weighted by atomic mass is 32.2. The van der Waals surface area contributed by atoms with Gasteiger partial charge in [0, 0.05) is 22.3 Å². The molecule has 9 nitrogen and oxygen atoms in total. The predicted molar refractivity (Wildman–Crippen MR) is 125 cm³/mol. The van der Waals surface area contributed by atoms with E-state index in [0.717, 1.165) is 9.58 Å². The molecule has 0 aliphatic heterocycles. The van der Waals surface area contributed by atoms with Crippen LogP contribution >= 0.6 is 11.8 Å². The Labute approximate surface area is 196 Å². The van der Waals surface area contributed by atoms with Crippen molar-refractivity contribution in [2.75, 3.05) is 11.6 Å². The molecule has 3 aromatic heterocycles. The number of anilines is 1. The number of thioether (sulfide) groups is 1. The van der Waals surface area contributed by atoms with E-state index in [0.29, 0.717) is 16.8 Å². The lowest BCUT2D eigenvalue weighted by Crippen LogP contribution is -2.28. The minimum absolute atomic E-state index is 0.111. The molecular formula is C23H17FN6O3S. The van der Waals surface area contributed by atoms with Crippen molar-refractivity contribution in [2.45, 2.75) is 11.4 Å². The van der Waals surface area contributed by atoms with Crippen LogP contribution in [-0.2, 0) is 11.3 Å². The monoisotopic (exact) mass is 476 g/mol. The van der Waals surface area contributed by atoms with E-state index in [4.69, 9.17) is 4.52 Å². The number of carbonyl (C=O) groups excluding carboxylic acids is 1. The third-order valence-electron chi connectivity index (χ3n) is 5.00. The molecule has 0 radical (unpaired) electrons. The Kier molecular flexibility index (Phi) is 5.68. The van der Waals surface area contributed by atoms with Gasteiger partial charge < -0.3 is 9.84 Å². The molecule has 1 N–H and O–H groups in total. The van der Waals surface area contributed by atoms with Crippen LogP contribution in [-0.4, -0.2) is 36.5 Å². The van der Waals surface area contributed by atoms with Crippen LogP contribution in [0.1, 0.15) is 0 Å². The summed E-state index contributed by atoms with van der Waals surface area (Å²) in [6.07, 6.45) is 3.48. The van der Waals surface area contributed by atoms with E-state index in [9.17, 15) is 14.0 Å². The largest absolute Gasteiger partial charge is 0.350 e. The van der Waals surface area contributed by atoms with Crippen molar-refractivity contribution in [3.63, 3.8) is 0 Å². The molecule has 0 unspecified atom stereocenters. The maximum atomic E-state index is 13.5. The number of rotatable bonds is 6. The van der Waals surface area contributed by atoms with Gasteiger partial charge in [-0.2, -0.15) is 4.98 Å². The molecule has 0 bridgehead atoms. The van der Waals surface area contributed by atoms with Crippen LogP contribution in [0.5, 0.6) is 0 Å². The number of fused-ring (bicyclic) bond motifs is 1. The molecule has 0 aliphatic carbocycles. The van der Waals surface area contributed by atoms with E-state index in [2.05, 4.69) is 20.6 Å². The minimum atomic E-state index is -0.491. The molecule has 0 spiro atoms. The van der Waals surface area contributed by atoms with Crippen LogP contribution in [0.2, 0.25) is 0 Å². The number of hydrogen-bond acceptors (Lipinski definition) is 7. The van der Waals surface area contributed by atoms with Gasteiger partial charge in [0.2, 0.25) is 11.7 Å². The number of benzene rings is 2. The first-order valence-corrected chi connectivity index (χ1v) is 11.4. The quantitative estimate of drug-likeness (QED) is 0.372. The molecule has 5 aromatic rings. The molecule has 0 saturated heterocycles. The number of hydrogen-bond donors (Lipinski definition) is 1. The number of aromatic nitrogens is 5. The highest BCUT2D eigenvalue weighted by Crippen LogP contribution is 2.25. The normalized spacial score (nSPS) is 11.1. The van der Waals surface area contributed by atoms with Crippen molar-refractivity contribution in [3.05, 3.63) is 83.2 Å². The third-order valence-corrected chi connectivity index (χ3v) is 5.72. The maximum absolute atomic E-state index is 13.5. The summed E-state index contributed by atoms with van der Waals surface area (Å²) in [6, 6.07) is 16.5. The van der Waals surface area contributed by atoms with Gasteiger partial charge in [0.1, 0.15) is 12.4 Å². The molecule has 0 atom stereocenters. The Morgan fingerprint density at radius 2 is 2.00 bits per heavy atom. The highest BCUT2D eigenvalue weighted by molar-refractivity contribution is 7.98. The Bertz CT molecular complexity index is 1570. The average molecular weight is 476 g/mol. The molecule has 34 heavy (non-hydrogen) atoms. The Balaban J connectivity index is 1.44. The second-order valence-corrected chi connectivity index (χ2v) is 8.15. The van der Waals surface area contributed by atoms with E-state index >= 15 is 0 Å². The van der Waals surface area contributed by atoms with Crippen LogP contribution < -0.4 is 11.0 Å². The zero-order valence-electron chi connectivity index (χ0n) is 17.8. The SMILES string of the molecule is CSc1cccc(NC(=O)Cn2nc3c(-c4nc(-c5cccc(F)c5)no4)cccn3c2=O)c1. The molecule has 0 saturated carbocycles. The molecule has 3 heterocycles. The zero-order valence-corrected chi connectivity index (χ0v) is 18.6. The van der Waals surface area contributed by atoms with Gasteiger partial charge in [-0.1, -0.05) is 23.4 Å². The minimum Gasteiger partial charge on any atom is -0.333 e. The number of amides is 1. The summed E-state index contributed by atoms with van der Waals surface area (Å²) in [5.41, 5.74) is 1.24. The van der Waals surface area contributed by atoms with Crippen molar-refractivity contribution >= 4 is 29.0 Å². The first-order chi connectivity index (χ1) is 16.5. The lowest BCUT2D eigenvalue weighted by Gasteiger charge is -2.06. The van der Waals surface area contributed by atoms with Crippen LogP contribution in [0.4, 0.5) is 10.1 Å². The van der Waals surface area contributed by atoms with Gasteiger partial charge in [-0.05, 0) is 48.7 Å². The zero-order chi connectivity index (χ0) is 23.7. The number of halogens is 1. The second kappa shape index (κ2) is 8.94. The smallest absolute Gasteiger partial charge is 0.333 e. The maximum Gasteiger partial charge on any atom is 0.350 e. The summed E-state index contributed by atoms with van der Waals surface area (Å²) in [7, 11) is 0. The lowest BCUT2D eigenvalue weighted by atomic mass is 10.2. The van der Waals surface area contributed by atoms with Crippen molar-refractivity contribution in [1.82, 2.24) is 24.3 Å². The van der Waals surface area contributed by atoms with Crippen LogP contribution in [0.25, 0.3) is 28.5 Å². The van der Waals surface area contributed by atoms with E-state index < -0.39 is 17.4 Å². The molecule has 170 valence electrons. The van der Waals surface area contributed by atoms with Gasteiger partial charge in [-0.15, -0.1) is 16.9 Å². The van der Waals surface area contributed by atoms with E-state index in [1.54, 1.807) is 42.1 Å². The van der Waals surface area contributed by atoms with Gasteiger partial charge in [0.15, 0.2) is 5.65 Å². The fourth-order valence-electron chi connectivity index (χ4n) is 3.42. The number of nitrogens with one attached hydrogen (secondary N) is 1. The van der Waals surface area contributed by atoms with Crippen LogP contribution in [0.3, 0.4) is 0 Å². The first kappa shape index (κ1) is 21.6. The van der Waals surface area contributed by atoms with Crippen molar-refractivity contribution < 1.29 is 13.7 Å². The van der Waals surface area contributed by atoms with E-state index in [1.807, 2.05) is 24.5 Å². The Hall–Kier alpha value is -4.25.